The van der Waals surface area contributed by atoms with Gasteiger partial charge in [-0.2, -0.15) is 0 Å². The molecule has 1 amide bonds. The first kappa shape index (κ1) is 20.1. The monoisotopic (exact) mass is 464 g/mol. The molecule has 146 valence electrons. The number of anilines is 1. The molecule has 0 aliphatic rings. The van der Waals surface area contributed by atoms with Crippen LogP contribution in [0, 0.1) is 0 Å². The Morgan fingerprint density at radius 3 is 2.46 bits per heavy atom. The maximum absolute atomic E-state index is 12.5. The van der Waals surface area contributed by atoms with E-state index in [1.54, 1.807) is 30.3 Å². The first-order valence-corrected chi connectivity index (χ1v) is 10.8. The SMILES string of the molecule is CCS(=O)(=O)Nc1cc2oc(-c3ccc(C=O)cc3)c(C(=O)NC)c2cc1Br. The highest BCUT2D eigenvalue weighted by Gasteiger charge is 2.23. The summed E-state index contributed by atoms with van der Waals surface area (Å²) < 4.78 is 32.7. The third-order valence-corrected chi connectivity index (χ3v) is 6.13. The Labute approximate surface area is 170 Å². The van der Waals surface area contributed by atoms with Crippen molar-refractivity contribution in [3.8, 4) is 11.3 Å². The van der Waals surface area contributed by atoms with Crippen molar-refractivity contribution >= 4 is 54.8 Å². The number of furan rings is 1. The maximum Gasteiger partial charge on any atom is 0.255 e. The molecule has 0 aliphatic carbocycles. The second-order valence-electron chi connectivity index (χ2n) is 5.96. The fraction of sp³-hybridized carbons (Fsp3) is 0.158. The maximum atomic E-state index is 12.5. The molecule has 0 unspecified atom stereocenters. The van der Waals surface area contributed by atoms with E-state index >= 15 is 0 Å². The van der Waals surface area contributed by atoms with Gasteiger partial charge in [-0.05, 0) is 28.9 Å². The van der Waals surface area contributed by atoms with Crippen LogP contribution in [-0.2, 0) is 10.0 Å². The van der Waals surface area contributed by atoms with Gasteiger partial charge < -0.3 is 9.73 Å². The van der Waals surface area contributed by atoms with E-state index in [4.69, 9.17) is 4.42 Å². The van der Waals surface area contributed by atoms with Crippen LogP contribution in [0.3, 0.4) is 0 Å². The highest BCUT2D eigenvalue weighted by Crippen LogP contribution is 2.38. The second-order valence-corrected chi connectivity index (χ2v) is 8.82. The molecule has 28 heavy (non-hydrogen) atoms. The lowest BCUT2D eigenvalue weighted by Gasteiger charge is -2.08. The second kappa shape index (κ2) is 7.76. The van der Waals surface area contributed by atoms with Crippen LogP contribution in [0.5, 0.6) is 0 Å². The van der Waals surface area contributed by atoms with Crippen LogP contribution in [0.25, 0.3) is 22.3 Å². The lowest BCUT2D eigenvalue weighted by Crippen LogP contribution is -2.18. The zero-order valence-electron chi connectivity index (χ0n) is 15.1. The van der Waals surface area contributed by atoms with Gasteiger partial charge in [0.2, 0.25) is 10.0 Å². The fourth-order valence-corrected chi connectivity index (χ4v) is 3.92. The Kier molecular flexibility index (Phi) is 5.57. The number of rotatable bonds is 6. The van der Waals surface area contributed by atoms with Crippen molar-refractivity contribution in [2.75, 3.05) is 17.5 Å². The van der Waals surface area contributed by atoms with Crippen molar-refractivity contribution in [1.29, 1.82) is 0 Å². The number of nitrogens with one attached hydrogen (secondary N) is 2. The highest BCUT2D eigenvalue weighted by atomic mass is 79.9. The van der Waals surface area contributed by atoms with E-state index in [9.17, 15) is 18.0 Å². The van der Waals surface area contributed by atoms with E-state index in [2.05, 4.69) is 26.0 Å². The van der Waals surface area contributed by atoms with Crippen molar-refractivity contribution in [1.82, 2.24) is 5.32 Å². The molecule has 0 fully saturated rings. The van der Waals surface area contributed by atoms with Gasteiger partial charge >= 0.3 is 0 Å². The summed E-state index contributed by atoms with van der Waals surface area (Å²) >= 11 is 3.35. The lowest BCUT2D eigenvalue weighted by molar-refractivity contribution is 0.0964. The lowest BCUT2D eigenvalue weighted by atomic mass is 10.0. The quantitative estimate of drug-likeness (QED) is 0.539. The number of sulfonamides is 1. The van der Waals surface area contributed by atoms with Gasteiger partial charge in [0.05, 0.1) is 17.0 Å². The fourth-order valence-electron chi connectivity index (χ4n) is 2.70. The highest BCUT2D eigenvalue weighted by molar-refractivity contribution is 9.10. The third-order valence-electron chi connectivity index (χ3n) is 4.19. The molecule has 0 saturated heterocycles. The Balaban J connectivity index is 2.23. The molecule has 2 N–H and O–H groups in total. The van der Waals surface area contributed by atoms with Crippen LogP contribution in [0.2, 0.25) is 0 Å². The Morgan fingerprint density at radius 2 is 1.89 bits per heavy atom. The summed E-state index contributed by atoms with van der Waals surface area (Å²) in [6.07, 6.45) is 0.727. The Hall–Kier alpha value is -2.65. The van der Waals surface area contributed by atoms with Gasteiger partial charge in [-0.3, -0.25) is 14.3 Å². The smallest absolute Gasteiger partial charge is 0.255 e. The average Bonchev–Trinajstić information content (AvgIpc) is 3.05. The first-order valence-electron chi connectivity index (χ1n) is 8.34. The van der Waals surface area contributed by atoms with E-state index in [1.165, 1.54) is 20.0 Å². The summed E-state index contributed by atoms with van der Waals surface area (Å²) in [5.74, 6) is -0.0933. The van der Waals surface area contributed by atoms with E-state index in [1.807, 2.05) is 0 Å². The molecule has 7 nitrogen and oxygen atoms in total. The molecule has 0 saturated carbocycles. The molecule has 1 aromatic heterocycles. The Bertz CT molecular complexity index is 1170. The third kappa shape index (κ3) is 3.81. The molecule has 3 aromatic rings. The summed E-state index contributed by atoms with van der Waals surface area (Å²) in [5.41, 5.74) is 2.11. The Morgan fingerprint density at radius 1 is 1.21 bits per heavy atom. The summed E-state index contributed by atoms with van der Waals surface area (Å²) in [4.78, 5) is 23.4. The van der Waals surface area contributed by atoms with Crippen molar-refractivity contribution in [3.63, 3.8) is 0 Å². The van der Waals surface area contributed by atoms with E-state index in [0.29, 0.717) is 43.6 Å². The molecule has 3 rings (SSSR count). The van der Waals surface area contributed by atoms with Gasteiger partial charge in [0.25, 0.3) is 5.91 Å². The molecular weight excluding hydrogens is 448 g/mol. The predicted molar refractivity (Wildman–Crippen MR) is 111 cm³/mol. The first-order chi connectivity index (χ1) is 13.3. The number of hydrogen-bond donors (Lipinski definition) is 2. The van der Waals surface area contributed by atoms with Crippen molar-refractivity contribution in [3.05, 3.63) is 52.0 Å². The van der Waals surface area contributed by atoms with Crippen LogP contribution < -0.4 is 10.0 Å². The summed E-state index contributed by atoms with van der Waals surface area (Å²) in [6.45, 7) is 1.53. The standard InChI is InChI=1S/C19H17BrN2O5S/c1-3-28(25,26)22-15-9-16-13(8-14(15)20)17(19(24)21-2)18(27-16)12-6-4-11(10-23)5-7-12/h4-10,22H,3H2,1-2H3,(H,21,24). The number of benzene rings is 2. The van der Waals surface area contributed by atoms with Crippen LogP contribution in [-0.4, -0.2) is 33.4 Å². The number of carbonyl (C=O) groups is 2. The van der Waals surface area contributed by atoms with E-state index < -0.39 is 10.0 Å². The molecule has 0 aliphatic heterocycles. The predicted octanol–water partition coefficient (Wildman–Crippen LogP) is 3.80. The normalized spacial score (nSPS) is 11.4. The van der Waals surface area contributed by atoms with Crippen LogP contribution in [0.1, 0.15) is 27.6 Å². The molecule has 0 atom stereocenters. The van der Waals surface area contributed by atoms with Gasteiger partial charge in [-0.1, -0.05) is 24.3 Å². The minimum absolute atomic E-state index is 0.0759. The molecule has 9 heteroatoms. The number of halogens is 1. The van der Waals surface area contributed by atoms with Gasteiger partial charge in [0.1, 0.15) is 17.6 Å². The number of amides is 1. The molecule has 0 spiro atoms. The topological polar surface area (TPSA) is 105 Å². The zero-order valence-corrected chi connectivity index (χ0v) is 17.5. The number of aldehydes is 1. The number of hydrogen-bond acceptors (Lipinski definition) is 5. The van der Waals surface area contributed by atoms with Crippen LogP contribution in [0.4, 0.5) is 5.69 Å². The van der Waals surface area contributed by atoms with Gasteiger partial charge in [0.15, 0.2) is 0 Å². The molecule has 0 bridgehead atoms. The molecule has 1 heterocycles. The van der Waals surface area contributed by atoms with Crippen molar-refractivity contribution in [2.24, 2.45) is 0 Å². The van der Waals surface area contributed by atoms with Crippen LogP contribution in [0.15, 0.2) is 45.3 Å². The summed E-state index contributed by atoms with van der Waals surface area (Å²) in [7, 11) is -1.97. The van der Waals surface area contributed by atoms with Gasteiger partial charge in [-0.25, -0.2) is 8.42 Å². The van der Waals surface area contributed by atoms with Crippen LogP contribution >= 0.6 is 15.9 Å². The van der Waals surface area contributed by atoms with E-state index in [0.717, 1.165) is 6.29 Å². The van der Waals surface area contributed by atoms with Crippen molar-refractivity contribution in [2.45, 2.75) is 6.92 Å². The van der Waals surface area contributed by atoms with E-state index in [-0.39, 0.29) is 11.7 Å². The summed E-state index contributed by atoms with van der Waals surface area (Å²) in [6, 6.07) is 9.79. The summed E-state index contributed by atoms with van der Waals surface area (Å²) in [5, 5.41) is 3.12. The van der Waals surface area contributed by atoms with Gasteiger partial charge in [0, 0.05) is 34.1 Å². The number of carbonyl (C=O) groups excluding carboxylic acids is 2. The molecular formula is C19H17BrN2O5S. The largest absolute Gasteiger partial charge is 0.455 e. The zero-order chi connectivity index (χ0) is 20.5. The average molecular weight is 465 g/mol. The van der Waals surface area contributed by atoms with Crippen molar-refractivity contribution < 1.29 is 22.4 Å². The number of fused-ring (bicyclic) bond motifs is 1. The minimum Gasteiger partial charge on any atom is -0.455 e. The molecule has 0 radical (unpaired) electrons. The minimum atomic E-state index is -3.48. The van der Waals surface area contributed by atoms with Gasteiger partial charge in [-0.15, -0.1) is 0 Å². The molecule has 2 aromatic carbocycles.